The van der Waals surface area contributed by atoms with Crippen LogP contribution in [0.5, 0.6) is 0 Å². The Morgan fingerprint density at radius 2 is 1.75 bits per heavy atom. The number of aliphatic hydroxyl groups excluding tert-OH is 1. The highest BCUT2D eigenvalue weighted by Crippen LogP contribution is 2.10. The van der Waals surface area contributed by atoms with Crippen molar-refractivity contribution in [2.24, 2.45) is 0 Å². The van der Waals surface area contributed by atoms with Crippen molar-refractivity contribution in [2.45, 2.75) is 25.4 Å². The predicted octanol–water partition coefficient (Wildman–Crippen LogP) is -0.368. The van der Waals surface area contributed by atoms with Crippen LogP contribution in [0, 0.1) is 0 Å². The highest BCUT2D eigenvalue weighted by atomic mass is 16.5. The van der Waals surface area contributed by atoms with E-state index in [1.807, 2.05) is 0 Å². The van der Waals surface area contributed by atoms with Crippen LogP contribution in [0.2, 0.25) is 0 Å². The van der Waals surface area contributed by atoms with E-state index in [9.17, 15) is 19.5 Å². The van der Waals surface area contributed by atoms with Crippen molar-refractivity contribution >= 4 is 17.8 Å². The number of methoxy groups -OCH3 is 1. The van der Waals surface area contributed by atoms with E-state index in [2.05, 4.69) is 9.47 Å². The van der Waals surface area contributed by atoms with E-state index < -0.39 is 30.6 Å². The first-order chi connectivity index (χ1) is 9.54. The van der Waals surface area contributed by atoms with Gasteiger partial charge >= 0.3 is 11.9 Å². The average Bonchev–Trinajstić information content (AvgIpc) is 2.50. The maximum Gasteiger partial charge on any atom is 0.331 e. The molecule has 1 aliphatic rings. The smallest absolute Gasteiger partial charge is 0.331 e. The topological polar surface area (TPSA) is 93.1 Å². The summed E-state index contributed by atoms with van der Waals surface area (Å²) in [7, 11) is 1.18. The number of rotatable bonds is 5. The van der Waals surface area contributed by atoms with Crippen LogP contribution in [0.15, 0.2) is 12.2 Å². The molecule has 112 valence electrons. The lowest BCUT2D eigenvalue weighted by Crippen LogP contribution is -2.44. The lowest BCUT2D eigenvalue weighted by molar-refractivity contribution is -0.150. The van der Waals surface area contributed by atoms with E-state index >= 15 is 0 Å². The number of piperidine rings is 1. The molecule has 7 heteroatoms. The molecular weight excluding hydrogens is 266 g/mol. The molecular formula is C13H19NO6. The lowest BCUT2D eigenvalue weighted by Gasteiger charge is -2.28. The molecule has 1 saturated heterocycles. The van der Waals surface area contributed by atoms with Gasteiger partial charge in [-0.05, 0) is 19.3 Å². The second-order valence-corrected chi connectivity index (χ2v) is 4.39. The normalized spacial score (nSPS) is 16.8. The number of hydrogen-bond donors (Lipinski definition) is 1. The molecule has 1 aliphatic heterocycles. The zero-order valence-electron chi connectivity index (χ0n) is 11.4. The summed E-state index contributed by atoms with van der Waals surface area (Å²) in [5.41, 5.74) is 0. The largest absolute Gasteiger partial charge is 0.466 e. The first kappa shape index (κ1) is 16.2. The monoisotopic (exact) mass is 285 g/mol. The molecule has 1 heterocycles. The summed E-state index contributed by atoms with van der Waals surface area (Å²) in [6.45, 7) is 0.803. The highest BCUT2D eigenvalue weighted by Gasteiger charge is 2.24. The minimum Gasteiger partial charge on any atom is -0.466 e. The summed E-state index contributed by atoms with van der Waals surface area (Å²) in [6.07, 6.45) is 3.32. The Morgan fingerprint density at radius 3 is 2.35 bits per heavy atom. The maximum atomic E-state index is 11.8. The summed E-state index contributed by atoms with van der Waals surface area (Å²) in [6, 6.07) is 0. The van der Waals surface area contributed by atoms with Crippen LogP contribution in [-0.2, 0) is 23.9 Å². The Bertz CT molecular complexity index is 386. The Balaban J connectivity index is 2.32. The molecule has 0 aliphatic carbocycles. The number of esters is 2. The van der Waals surface area contributed by atoms with Gasteiger partial charge in [0, 0.05) is 25.2 Å². The van der Waals surface area contributed by atoms with E-state index in [0.717, 1.165) is 31.4 Å². The van der Waals surface area contributed by atoms with Gasteiger partial charge in [-0.25, -0.2) is 9.59 Å². The first-order valence-electron chi connectivity index (χ1n) is 6.44. The zero-order valence-corrected chi connectivity index (χ0v) is 11.4. The van der Waals surface area contributed by atoms with Crippen molar-refractivity contribution in [3.63, 3.8) is 0 Å². The lowest BCUT2D eigenvalue weighted by atomic mass is 10.1. The van der Waals surface area contributed by atoms with Crippen LogP contribution in [0.4, 0.5) is 0 Å². The summed E-state index contributed by atoms with van der Waals surface area (Å²) in [4.78, 5) is 35.3. The van der Waals surface area contributed by atoms with Crippen molar-refractivity contribution in [3.8, 4) is 0 Å². The number of hydrogen-bond acceptors (Lipinski definition) is 6. The molecule has 0 aromatic rings. The number of carbonyl (C=O) groups excluding carboxylic acids is 3. The van der Waals surface area contributed by atoms with Crippen LogP contribution < -0.4 is 0 Å². The molecule has 0 aromatic heterocycles. The van der Waals surface area contributed by atoms with Gasteiger partial charge in [0.25, 0.3) is 5.91 Å². The fourth-order valence-electron chi connectivity index (χ4n) is 1.81. The number of nitrogens with zero attached hydrogens (tertiary/aromatic N) is 1. The van der Waals surface area contributed by atoms with Gasteiger partial charge in [0.15, 0.2) is 6.10 Å². The van der Waals surface area contributed by atoms with E-state index in [4.69, 9.17) is 0 Å². The third kappa shape index (κ3) is 5.40. The Morgan fingerprint density at radius 1 is 1.15 bits per heavy atom. The standard InChI is InChI=1S/C13H19NO6/c1-19-11(16)5-6-12(17)20-9-10(15)13(18)14-7-3-2-4-8-14/h5-6,10,15H,2-4,7-9H2,1H3/b6-5+. The van der Waals surface area contributed by atoms with Gasteiger partial charge in [-0.2, -0.15) is 0 Å². The second-order valence-electron chi connectivity index (χ2n) is 4.39. The average molecular weight is 285 g/mol. The predicted molar refractivity (Wildman–Crippen MR) is 68.6 cm³/mol. The number of carbonyl (C=O) groups is 3. The molecule has 0 aromatic carbocycles. The van der Waals surface area contributed by atoms with E-state index in [1.165, 1.54) is 7.11 Å². The van der Waals surface area contributed by atoms with Gasteiger partial charge < -0.3 is 19.5 Å². The molecule has 0 saturated carbocycles. The van der Waals surface area contributed by atoms with Gasteiger partial charge in [0.1, 0.15) is 6.61 Å². The molecule has 7 nitrogen and oxygen atoms in total. The van der Waals surface area contributed by atoms with E-state index in [-0.39, 0.29) is 0 Å². The number of likely N-dealkylation sites (tertiary alicyclic amines) is 1. The van der Waals surface area contributed by atoms with Crippen LogP contribution in [0.3, 0.4) is 0 Å². The summed E-state index contributed by atoms with van der Waals surface area (Å²) >= 11 is 0. The third-order valence-corrected chi connectivity index (χ3v) is 2.89. The summed E-state index contributed by atoms with van der Waals surface area (Å²) < 4.78 is 8.98. The van der Waals surface area contributed by atoms with Crippen molar-refractivity contribution in [1.29, 1.82) is 0 Å². The van der Waals surface area contributed by atoms with Crippen molar-refractivity contribution in [1.82, 2.24) is 4.90 Å². The molecule has 0 spiro atoms. The maximum absolute atomic E-state index is 11.8. The molecule has 0 bridgehead atoms. The minimum atomic E-state index is -1.37. The van der Waals surface area contributed by atoms with Crippen molar-refractivity contribution in [2.75, 3.05) is 26.8 Å². The molecule has 20 heavy (non-hydrogen) atoms. The molecule has 1 fully saturated rings. The summed E-state index contributed by atoms with van der Waals surface area (Å²) in [5.74, 6) is -1.94. The quantitative estimate of drug-likeness (QED) is 0.547. The van der Waals surface area contributed by atoms with Crippen LogP contribution in [-0.4, -0.2) is 60.8 Å². The van der Waals surface area contributed by atoms with E-state index in [0.29, 0.717) is 13.1 Å². The van der Waals surface area contributed by atoms with Crippen LogP contribution in [0.25, 0.3) is 0 Å². The fourth-order valence-corrected chi connectivity index (χ4v) is 1.81. The highest BCUT2D eigenvalue weighted by molar-refractivity contribution is 5.91. The Hall–Kier alpha value is -1.89. The first-order valence-corrected chi connectivity index (χ1v) is 6.44. The molecule has 0 radical (unpaired) electrons. The van der Waals surface area contributed by atoms with Crippen molar-refractivity contribution < 1.29 is 29.0 Å². The minimum absolute atomic E-state index is 0.431. The van der Waals surface area contributed by atoms with E-state index in [1.54, 1.807) is 4.90 Å². The Kier molecular flexibility index (Phi) is 6.72. The van der Waals surface area contributed by atoms with Gasteiger partial charge in [-0.15, -0.1) is 0 Å². The Labute approximate surface area is 117 Å². The SMILES string of the molecule is COC(=O)/C=C/C(=O)OCC(O)C(=O)N1CCCCC1. The third-order valence-electron chi connectivity index (χ3n) is 2.89. The molecule has 1 rings (SSSR count). The molecule has 1 atom stereocenters. The van der Waals surface area contributed by atoms with Gasteiger partial charge in [0.05, 0.1) is 7.11 Å². The van der Waals surface area contributed by atoms with Gasteiger partial charge in [-0.1, -0.05) is 0 Å². The number of amides is 1. The van der Waals surface area contributed by atoms with Gasteiger partial charge in [-0.3, -0.25) is 4.79 Å². The molecule has 1 unspecified atom stereocenters. The van der Waals surface area contributed by atoms with Crippen LogP contribution >= 0.6 is 0 Å². The molecule has 1 N–H and O–H groups in total. The molecule has 1 amide bonds. The fraction of sp³-hybridized carbons (Fsp3) is 0.615. The zero-order chi connectivity index (χ0) is 15.0. The van der Waals surface area contributed by atoms with Crippen LogP contribution in [0.1, 0.15) is 19.3 Å². The van der Waals surface area contributed by atoms with Crippen molar-refractivity contribution in [3.05, 3.63) is 12.2 Å². The van der Waals surface area contributed by atoms with Gasteiger partial charge in [0.2, 0.25) is 0 Å². The number of ether oxygens (including phenoxy) is 2. The summed E-state index contributed by atoms with van der Waals surface area (Å²) in [5, 5.41) is 9.66. The number of aliphatic hydroxyl groups is 1. The second kappa shape index (κ2) is 8.31.